The van der Waals surface area contributed by atoms with Crippen molar-refractivity contribution in [3.8, 4) is 11.1 Å². The highest BCUT2D eigenvalue weighted by Gasteiger charge is 2.39. The van der Waals surface area contributed by atoms with E-state index >= 15 is 0 Å². The van der Waals surface area contributed by atoms with Crippen molar-refractivity contribution >= 4 is 27.0 Å². The molecule has 1 aromatic carbocycles. The average molecular weight is 455 g/mol. The monoisotopic (exact) mass is 455 g/mol. The Morgan fingerprint density at radius 1 is 0.966 bits per heavy atom. The van der Waals surface area contributed by atoms with Crippen LogP contribution in [0.2, 0.25) is 0 Å². The Balaban J connectivity index is 1.98. The van der Waals surface area contributed by atoms with Gasteiger partial charge in [-0.05, 0) is 35.7 Å². The highest BCUT2D eigenvalue weighted by molar-refractivity contribution is 7.94. The van der Waals surface area contributed by atoms with E-state index in [9.17, 15) is 34.8 Å². The molecule has 156 valence electrons. The number of aryl methyl sites for hydroxylation is 1. The second-order valence-corrected chi connectivity index (χ2v) is 8.62. The number of rotatable bonds is 4. The smallest absolute Gasteiger partial charge is 0.279 e. The van der Waals surface area contributed by atoms with Gasteiger partial charge in [-0.15, -0.1) is 11.3 Å². The molecule has 0 fully saturated rings. The first-order chi connectivity index (χ1) is 13.3. The van der Waals surface area contributed by atoms with Crippen molar-refractivity contribution in [2.75, 3.05) is 4.72 Å². The molecule has 2 heterocycles. The number of thiophene rings is 1. The third-order valence-electron chi connectivity index (χ3n) is 3.84. The van der Waals surface area contributed by atoms with Crippen molar-refractivity contribution in [3.63, 3.8) is 0 Å². The topological polar surface area (TPSA) is 64.0 Å². The van der Waals surface area contributed by atoms with E-state index in [1.807, 2.05) is 0 Å². The van der Waals surface area contributed by atoms with E-state index in [1.165, 1.54) is 11.4 Å². The Bertz CT molecular complexity index is 1130. The number of hydrogen-bond donors (Lipinski definition) is 1. The van der Waals surface area contributed by atoms with E-state index in [2.05, 4.69) is 9.82 Å². The molecule has 0 aliphatic rings. The summed E-state index contributed by atoms with van der Waals surface area (Å²) in [6.07, 6.45) is -8.46. The average Bonchev–Trinajstić information content (AvgIpc) is 3.20. The van der Waals surface area contributed by atoms with Crippen LogP contribution < -0.4 is 4.72 Å². The summed E-state index contributed by atoms with van der Waals surface area (Å²) in [5, 5.41) is 4.85. The number of hydrogen-bond acceptors (Lipinski definition) is 4. The van der Waals surface area contributed by atoms with Crippen molar-refractivity contribution in [2.45, 2.75) is 16.6 Å². The minimum atomic E-state index is -4.77. The third kappa shape index (κ3) is 4.24. The fraction of sp³-hybridized carbons (Fsp3) is 0.188. The first-order valence-corrected chi connectivity index (χ1v) is 10.0. The SMILES string of the molecule is Cn1ncc(-c2ccsc2S(=O)(=O)Nc2ccc(C(F)(F)F)cc2)c1C(F)(F)F. The van der Waals surface area contributed by atoms with Crippen molar-refractivity contribution in [2.24, 2.45) is 7.05 Å². The van der Waals surface area contributed by atoms with Crippen LogP contribution in [0.15, 0.2) is 46.1 Å². The molecule has 0 bridgehead atoms. The summed E-state index contributed by atoms with van der Waals surface area (Å²) in [4.78, 5) is 0. The van der Waals surface area contributed by atoms with Gasteiger partial charge >= 0.3 is 12.4 Å². The number of sulfonamides is 1. The Hall–Kier alpha value is -2.54. The van der Waals surface area contributed by atoms with Crippen LogP contribution in [-0.4, -0.2) is 18.2 Å². The number of aromatic nitrogens is 2. The molecule has 29 heavy (non-hydrogen) atoms. The Morgan fingerprint density at radius 3 is 2.14 bits per heavy atom. The highest BCUT2D eigenvalue weighted by atomic mass is 32.2. The predicted molar refractivity (Wildman–Crippen MR) is 93.8 cm³/mol. The van der Waals surface area contributed by atoms with Crippen molar-refractivity contribution in [1.29, 1.82) is 0 Å². The summed E-state index contributed by atoms with van der Waals surface area (Å²) in [6.45, 7) is 0. The lowest BCUT2D eigenvalue weighted by Gasteiger charge is -2.12. The Morgan fingerprint density at radius 2 is 1.59 bits per heavy atom. The molecule has 0 saturated heterocycles. The molecule has 3 aromatic rings. The molecule has 0 amide bonds. The Labute approximate surface area is 164 Å². The summed E-state index contributed by atoms with van der Waals surface area (Å²) in [6, 6.07) is 4.42. The van der Waals surface area contributed by atoms with Gasteiger partial charge in [0.1, 0.15) is 9.90 Å². The number of benzene rings is 1. The molecule has 0 saturated carbocycles. The van der Waals surface area contributed by atoms with Gasteiger partial charge in [0.15, 0.2) is 0 Å². The van der Waals surface area contributed by atoms with E-state index < -0.39 is 43.4 Å². The van der Waals surface area contributed by atoms with Crippen LogP contribution in [-0.2, 0) is 29.4 Å². The molecule has 0 unspecified atom stereocenters. The minimum Gasteiger partial charge on any atom is -0.279 e. The van der Waals surface area contributed by atoms with E-state index in [0.29, 0.717) is 28.2 Å². The summed E-state index contributed by atoms with van der Waals surface area (Å²) in [5.74, 6) is 0. The fourth-order valence-electron chi connectivity index (χ4n) is 2.60. The number of anilines is 1. The molecule has 0 aliphatic heterocycles. The Kier molecular flexibility index (Phi) is 5.15. The number of nitrogens with zero attached hydrogens (tertiary/aromatic N) is 2. The zero-order valence-electron chi connectivity index (χ0n) is 14.3. The van der Waals surface area contributed by atoms with Gasteiger partial charge in [0.25, 0.3) is 10.0 Å². The molecule has 13 heteroatoms. The van der Waals surface area contributed by atoms with Gasteiger partial charge < -0.3 is 0 Å². The standard InChI is InChI=1S/C16H11F6N3O2S2/c1-25-13(16(20,21)22)12(8-23-25)11-6-7-28-14(11)29(26,27)24-10-4-2-9(3-5-10)15(17,18)19/h2-8,24H,1H3. The van der Waals surface area contributed by atoms with Gasteiger partial charge in [0.2, 0.25) is 0 Å². The number of nitrogens with one attached hydrogen (secondary N) is 1. The lowest BCUT2D eigenvalue weighted by atomic mass is 10.1. The van der Waals surface area contributed by atoms with E-state index in [-0.39, 0.29) is 11.3 Å². The van der Waals surface area contributed by atoms with Crippen LogP contribution in [0.3, 0.4) is 0 Å². The normalized spacial score (nSPS) is 12.9. The van der Waals surface area contributed by atoms with E-state index in [0.717, 1.165) is 25.4 Å². The van der Waals surface area contributed by atoms with Gasteiger partial charge in [0, 0.05) is 23.9 Å². The second kappa shape index (κ2) is 7.06. The largest absolute Gasteiger partial charge is 0.433 e. The third-order valence-corrected chi connectivity index (χ3v) is 6.70. The number of alkyl halides is 6. The summed E-state index contributed by atoms with van der Waals surface area (Å²) in [5.41, 5.74) is -2.90. The van der Waals surface area contributed by atoms with Crippen LogP contribution in [0.1, 0.15) is 11.3 Å². The molecule has 0 radical (unpaired) electrons. The van der Waals surface area contributed by atoms with Gasteiger partial charge in [-0.2, -0.15) is 31.4 Å². The first-order valence-electron chi connectivity index (χ1n) is 7.68. The molecule has 0 atom stereocenters. The van der Waals surface area contributed by atoms with Gasteiger partial charge in [0.05, 0.1) is 11.8 Å². The van der Waals surface area contributed by atoms with E-state index in [1.54, 1.807) is 0 Å². The summed E-state index contributed by atoms with van der Waals surface area (Å²) in [7, 11) is -3.29. The van der Waals surface area contributed by atoms with Gasteiger partial charge in [-0.3, -0.25) is 9.40 Å². The van der Waals surface area contributed by atoms with Gasteiger partial charge in [-0.1, -0.05) is 0 Å². The maximum atomic E-state index is 13.3. The summed E-state index contributed by atoms with van der Waals surface area (Å²) >= 11 is 0.672. The molecule has 3 rings (SSSR count). The minimum absolute atomic E-state index is 0.167. The molecule has 5 nitrogen and oxygen atoms in total. The zero-order chi connectivity index (χ0) is 21.6. The van der Waals surface area contributed by atoms with Gasteiger partial charge in [-0.25, -0.2) is 8.42 Å². The number of halogens is 6. The van der Waals surface area contributed by atoms with Crippen molar-refractivity contribution < 1.29 is 34.8 Å². The van der Waals surface area contributed by atoms with Crippen LogP contribution in [0.5, 0.6) is 0 Å². The van der Waals surface area contributed by atoms with E-state index in [4.69, 9.17) is 0 Å². The maximum Gasteiger partial charge on any atom is 0.433 e. The van der Waals surface area contributed by atoms with Crippen molar-refractivity contribution in [3.05, 3.63) is 53.2 Å². The molecule has 1 N–H and O–H groups in total. The highest BCUT2D eigenvalue weighted by Crippen LogP contribution is 2.41. The predicted octanol–water partition coefficient (Wildman–Crippen LogP) is 4.99. The van der Waals surface area contributed by atoms with Crippen LogP contribution in [0.25, 0.3) is 11.1 Å². The quantitative estimate of drug-likeness (QED) is 0.564. The maximum absolute atomic E-state index is 13.3. The van der Waals surface area contributed by atoms with Crippen LogP contribution in [0, 0.1) is 0 Å². The molecule has 2 aromatic heterocycles. The second-order valence-electron chi connectivity index (χ2n) is 5.83. The molecule has 0 aliphatic carbocycles. The van der Waals surface area contributed by atoms with Crippen LogP contribution in [0.4, 0.5) is 32.0 Å². The lowest BCUT2D eigenvalue weighted by Crippen LogP contribution is -2.15. The molecule has 0 spiro atoms. The fourth-order valence-corrected chi connectivity index (χ4v) is 5.04. The lowest BCUT2D eigenvalue weighted by molar-refractivity contribution is -0.143. The molecular formula is C16H11F6N3O2S2. The van der Waals surface area contributed by atoms with Crippen LogP contribution >= 0.6 is 11.3 Å². The zero-order valence-corrected chi connectivity index (χ0v) is 16.0. The first kappa shape index (κ1) is 21.2. The molecular weight excluding hydrogens is 444 g/mol. The van der Waals surface area contributed by atoms with Crippen molar-refractivity contribution in [1.82, 2.24) is 9.78 Å². The summed E-state index contributed by atoms with van der Waals surface area (Å²) < 4.78 is 105.